The summed E-state index contributed by atoms with van der Waals surface area (Å²) in [7, 11) is 0. The number of carbonyl (C=O) groups is 3. The van der Waals surface area contributed by atoms with Gasteiger partial charge in [-0.25, -0.2) is 0 Å². The van der Waals surface area contributed by atoms with Crippen LogP contribution in [-0.2, 0) is 16.0 Å². The van der Waals surface area contributed by atoms with Gasteiger partial charge in [-0.3, -0.25) is 29.3 Å². The van der Waals surface area contributed by atoms with Gasteiger partial charge >= 0.3 is 0 Å². The molecule has 3 amide bonds. The number of aromatic nitrogens is 2. The Morgan fingerprint density at radius 2 is 1.97 bits per heavy atom. The van der Waals surface area contributed by atoms with Crippen molar-refractivity contribution in [2.75, 3.05) is 11.4 Å². The molecule has 3 aromatic rings. The fourth-order valence-corrected chi connectivity index (χ4v) is 6.23. The number of nitrogens with zero attached hydrogens (tertiary/aromatic N) is 3. The van der Waals surface area contributed by atoms with E-state index < -0.39 is 11.9 Å². The van der Waals surface area contributed by atoms with Crippen molar-refractivity contribution in [2.45, 2.75) is 62.6 Å². The van der Waals surface area contributed by atoms with Crippen molar-refractivity contribution >= 4 is 34.2 Å². The van der Waals surface area contributed by atoms with Gasteiger partial charge < -0.3 is 5.32 Å². The number of hydrogen-bond acceptors (Lipinski definition) is 5. The average Bonchev–Trinajstić information content (AvgIpc) is 3.30. The molecule has 4 heterocycles. The molecule has 7 rings (SSSR count). The Labute approximate surface area is 202 Å². The summed E-state index contributed by atoms with van der Waals surface area (Å²) in [6.07, 6.45) is 10.2. The lowest BCUT2D eigenvalue weighted by molar-refractivity contribution is -0.134. The first kappa shape index (κ1) is 20.8. The van der Waals surface area contributed by atoms with Crippen molar-refractivity contribution < 1.29 is 14.4 Å². The van der Waals surface area contributed by atoms with Gasteiger partial charge in [0, 0.05) is 35.5 Å². The highest BCUT2D eigenvalue weighted by Gasteiger charge is 2.46. The number of carbonyl (C=O) groups excluding carboxylic acids is 3. The summed E-state index contributed by atoms with van der Waals surface area (Å²) < 4.78 is 2.14. The zero-order chi connectivity index (χ0) is 23.7. The van der Waals surface area contributed by atoms with E-state index in [0.29, 0.717) is 23.6 Å². The average molecular weight is 470 g/mol. The van der Waals surface area contributed by atoms with E-state index in [9.17, 15) is 14.4 Å². The number of rotatable bonds is 4. The number of hydrogen-bond donors (Lipinski definition) is 2. The lowest BCUT2D eigenvalue weighted by Gasteiger charge is -2.30. The number of imide groups is 1. The summed E-state index contributed by atoms with van der Waals surface area (Å²) in [5.41, 5.74) is 4.00. The van der Waals surface area contributed by atoms with E-state index in [4.69, 9.17) is 5.10 Å². The highest BCUT2D eigenvalue weighted by Crippen LogP contribution is 2.45. The van der Waals surface area contributed by atoms with Gasteiger partial charge in [0.2, 0.25) is 11.8 Å². The normalized spacial score (nSPS) is 24.9. The van der Waals surface area contributed by atoms with E-state index >= 15 is 0 Å². The van der Waals surface area contributed by atoms with Crippen molar-refractivity contribution in [3.63, 3.8) is 0 Å². The van der Waals surface area contributed by atoms with Crippen LogP contribution in [0.1, 0.15) is 66.1 Å². The first-order chi connectivity index (χ1) is 17.0. The van der Waals surface area contributed by atoms with Gasteiger partial charge in [-0.15, -0.1) is 0 Å². The predicted molar refractivity (Wildman–Crippen MR) is 130 cm³/mol. The third-order valence-corrected chi connectivity index (χ3v) is 8.22. The lowest BCUT2D eigenvalue weighted by atomic mass is 9.96. The summed E-state index contributed by atoms with van der Waals surface area (Å²) in [5.74, 6) is -0.865. The Bertz CT molecular complexity index is 1410. The zero-order valence-corrected chi connectivity index (χ0v) is 19.4. The molecule has 1 aliphatic carbocycles. The summed E-state index contributed by atoms with van der Waals surface area (Å²) in [4.78, 5) is 39.1. The number of benzene rings is 2. The Balaban J connectivity index is 1.20. The number of nitrogens with one attached hydrogen (secondary N) is 2. The SMILES string of the molecule is O=C1CCC(N2C(=O)c3cccc4c(Cc5cnn([C@@H]6CCNC7(CC7)C6)c5)ccc2c34)C(=O)N1. The first-order valence-electron chi connectivity index (χ1n) is 12.5. The number of piperidine rings is 2. The molecule has 1 spiro atoms. The maximum atomic E-state index is 13.4. The van der Waals surface area contributed by atoms with Crippen molar-refractivity contribution in [2.24, 2.45) is 0 Å². The van der Waals surface area contributed by atoms with Crippen LogP contribution in [-0.4, -0.2) is 45.6 Å². The minimum absolute atomic E-state index is 0.176. The minimum atomic E-state index is -0.667. The van der Waals surface area contributed by atoms with Crippen molar-refractivity contribution in [3.8, 4) is 0 Å². The Hall–Kier alpha value is -3.52. The summed E-state index contributed by atoms with van der Waals surface area (Å²) in [6.45, 7) is 1.05. The van der Waals surface area contributed by atoms with E-state index in [-0.39, 0.29) is 18.2 Å². The second kappa shape index (κ2) is 7.49. The van der Waals surface area contributed by atoms with Crippen molar-refractivity contribution in [1.29, 1.82) is 0 Å². The molecule has 2 saturated heterocycles. The molecule has 0 bridgehead atoms. The van der Waals surface area contributed by atoms with Gasteiger partial charge in [0.1, 0.15) is 6.04 Å². The quantitative estimate of drug-likeness (QED) is 0.573. The van der Waals surface area contributed by atoms with Crippen LogP contribution in [0.3, 0.4) is 0 Å². The predicted octanol–water partition coefficient (Wildman–Crippen LogP) is 2.85. The summed E-state index contributed by atoms with van der Waals surface area (Å²) in [6, 6.07) is 9.56. The maximum absolute atomic E-state index is 13.4. The minimum Gasteiger partial charge on any atom is -0.311 e. The van der Waals surface area contributed by atoms with Crippen LogP contribution < -0.4 is 15.5 Å². The van der Waals surface area contributed by atoms with E-state index in [2.05, 4.69) is 27.6 Å². The highest BCUT2D eigenvalue weighted by atomic mass is 16.2. The lowest BCUT2D eigenvalue weighted by Crippen LogP contribution is -2.53. The number of anilines is 1. The van der Waals surface area contributed by atoms with Crippen LogP contribution in [0.15, 0.2) is 42.7 Å². The van der Waals surface area contributed by atoms with Crippen LogP contribution in [0, 0.1) is 0 Å². The molecule has 2 atom stereocenters. The molecule has 3 aliphatic heterocycles. The van der Waals surface area contributed by atoms with Crippen LogP contribution in [0.25, 0.3) is 10.8 Å². The topological polar surface area (TPSA) is 96.3 Å². The second-order valence-corrected chi connectivity index (χ2v) is 10.5. The van der Waals surface area contributed by atoms with Crippen molar-refractivity contribution in [1.82, 2.24) is 20.4 Å². The fourth-order valence-electron chi connectivity index (χ4n) is 6.23. The Kier molecular flexibility index (Phi) is 4.45. The molecule has 4 aliphatic rings. The van der Waals surface area contributed by atoms with Gasteiger partial charge in [0.05, 0.1) is 17.9 Å². The molecule has 1 unspecified atom stereocenters. The third kappa shape index (κ3) is 3.31. The van der Waals surface area contributed by atoms with E-state index in [0.717, 1.165) is 53.4 Å². The van der Waals surface area contributed by atoms with Crippen LogP contribution in [0.2, 0.25) is 0 Å². The molecule has 0 radical (unpaired) electrons. The molecule has 8 nitrogen and oxygen atoms in total. The molecule has 1 aromatic heterocycles. The molecule has 1 saturated carbocycles. The van der Waals surface area contributed by atoms with E-state index in [1.54, 1.807) is 4.90 Å². The molecular formula is C27H27N5O3. The maximum Gasteiger partial charge on any atom is 0.259 e. The smallest absolute Gasteiger partial charge is 0.259 e. The van der Waals surface area contributed by atoms with Gasteiger partial charge in [0.25, 0.3) is 5.91 Å². The fraction of sp³-hybridized carbons (Fsp3) is 0.407. The Morgan fingerprint density at radius 1 is 1.09 bits per heavy atom. The van der Waals surface area contributed by atoms with Crippen LogP contribution in [0.5, 0.6) is 0 Å². The van der Waals surface area contributed by atoms with E-state index in [1.807, 2.05) is 30.5 Å². The molecule has 178 valence electrons. The zero-order valence-electron chi connectivity index (χ0n) is 19.4. The number of amides is 3. The van der Waals surface area contributed by atoms with Gasteiger partial charge in [-0.05, 0) is 67.3 Å². The summed E-state index contributed by atoms with van der Waals surface area (Å²) >= 11 is 0. The molecule has 2 N–H and O–H groups in total. The van der Waals surface area contributed by atoms with E-state index in [1.165, 1.54) is 12.8 Å². The molecular weight excluding hydrogens is 442 g/mol. The largest absolute Gasteiger partial charge is 0.311 e. The third-order valence-electron chi connectivity index (χ3n) is 8.22. The monoisotopic (exact) mass is 469 g/mol. The van der Waals surface area contributed by atoms with Gasteiger partial charge in [-0.1, -0.05) is 18.2 Å². The standard InChI is InChI=1S/C27H27N5O3/c33-23-7-6-22(25(34)30-23)32-21-5-4-17(19-2-1-3-20(24(19)21)26(32)35)12-16-14-29-31(15-16)18-8-11-28-27(13-18)9-10-27/h1-5,14-15,18,22,28H,6-13H2,(H,30,33,34)/t18-,22?/m1/s1. The molecule has 8 heteroatoms. The Morgan fingerprint density at radius 3 is 2.80 bits per heavy atom. The van der Waals surface area contributed by atoms with Crippen LogP contribution >= 0.6 is 0 Å². The van der Waals surface area contributed by atoms with Crippen LogP contribution in [0.4, 0.5) is 5.69 Å². The molecule has 35 heavy (non-hydrogen) atoms. The molecule has 2 aromatic carbocycles. The summed E-state index contributed by atoms with van der Waals surface area (Å²) in [5, 5.41) is 12.7. The van der Waals surface area contributed by atoms with Gasteiger partial charge in [0.15, 0.2) is 0 Å². The highest BCUT2D eigenvalue weighted by molar-refractivity contribution is 6.27. The first-order valence-corrected chi connectivity index (χ1v) is 12.5. The van der Waals surface area contributed by atoms with Gasteiger partial charge in [-0.2, -0.15) is 5.10 Å². The van der Waals surface area contributed by atoms with Crippen molar-refractivity contribution in [3.05, 3.63) is 59.4 Å². The second-order valence-electron chi connectivity index (χ2n) is 10.5. The molecule has 3 fully saturated rings.